The minimum absolute atomic E-state index is 0.569. The Morgan fingerprint density at radius 1 is 1.47 bits per heavy atom. The number of thiophene rings is 1. The molecule has 1 nitrogen and oxygen atoms in total. The van der Waals surface area contributed by atoms with Gasteiger partial charge in [-0.05, 0) is 59.3 Å². The smallest absolute Gasteiger partial charge is 0.0701 e. The molecule has 0 aromatic carbocycles. The Kier molecular flexibility index (Phi) is 5.07. The highest BCUT2D eigenvalue weighted by atomic mass is 79.9. The molecule has 17 heavy (non-hydrogen) atoms. The maximum atomic E-state index is 3.69. The second-order valence-electron chi connectivity index (χ2n) is 5.21. The van der Waals surface area contributed by atoms with Gasteiger partial charge in [0, 0.05) is 10.9 Å². The lowest BCUT2D eigenvalue weighted by atomic mass is 9.78. The maximum absolute atomic E-state index is 3.69. The normalized spacial score (nSPS) is 27.0. The fourth-order valence-corrected chi connectivity index (χ4v) is 4.59. The van der Waals surface area contributed by atoms with E-state index in [1.54, 1.807) is 0 Å². The molecule has 3 atom stereocenters. The quantitative estimate of drug-likeness (QED) is 0.825. The van der Waals surface area contributed by atoms with Crippen molar-refractivity contribution >= 4 is 27.3 Å². The summed E-state index contributed by atoms with van der Waals surface area (Å²) in [4.78, 5) is 1.50. The van der Waals surface area contributed by atoms with Crippen LogP contribution in [0.4, 0.5) is 0 Å². The van der Waals surface area contributed by atoms with Gasteiger partial charge in [0.2, 0.25) is 0 Å². The van der Waals surface area contributed by atoms with Gasteiger partial charge in [-0.15, -0.1) is 11.3 Å². The highest BCUT2D eigenvalue weighted by Gasteiger charge is 2.28. The molecule has 0 saturated heterocycles. The van der Waals surface area contributed by atoms with Crippen molar-refractivity contribution in [1.82, 2.24) is 5.32 Å². The minimum Gasteiger partial charge on any atom is -0.309 e. The van der Waals surface area contributed by atoms with Gasteiger partial charge in [-0.2, -0.15) is 0 Å². The molecule has 1 aromatic heterocycles. The molecule has 0 amide bonds. The number of rotatable bonds is 4. The first-order valence-electron chi connectivity index (χ1n) is 6.69. The summed E-state index contributed by atoms with van der Waals surface area (Å²) in [5, 5.41) is 3.69. The zero-order valence-corrected chi connectivity index (χ0v) is 13.1. The maximum Gasteiger partial charge on any atom is 0.0701 e. The van der Waals surface area contributed by atoms with Crippen LogP contribution >= 0.6 is 27.3 Å². The summed E-state index contributed by atoms with van der Waals surface area (Å²) >= 11 is 5.46. The lowest BCUT2D eigenvalue weighted by molar-refractivity contribution is 0.227. The minimum atomic E-state index is 0.569. The molecular weight excluding hydrogens is 294 g/mol. The first-order chi connectivity index (χ1) is 8.20. The van der Waals surface area contributed by atoms with Crippen LogP contribution in [0.1, 0.15) is 50.4 Å². The second-order valence-corrected chi connectivity index (χ2v) is 7.70. The van der Waals surface area contributed by atoms with E-state index in [9.17, 15) is 0 Å². The van der Waals surface area contributed by atoms with Crippen molar-refractivity contribution in [2.24, 2.45) is 11.8 Å². The molecule has 1 N–H and O–H groups in total. The molecule has 0 spiro atoms. The van der Waals surface area contributed by atoms with Gasteiger partial charge in [0.05, 0.1) is 3.79 Å². The van der Waals surface area contributed by atoms with E-state index >= 15 is 0 Å². The van der Waals surface area contributed by atoms with Crippen molar-refractivity contribution in [2.75, 3.05) is 6.54 Å². The summed E-state index contributed by atoms with van der Waals surface area (Å²) in [6.07, 6.45) is 5.59. The Labute approximate surface area is 117 Å². The first kappa shape index (κ1) is 13.6. The SMILES string of the molecule is CCNC(c1ccc(Br)s1)C1CCCC(C)C1. The molecule has 1 aromatic rings. The lowest BCUT2D eigenvalue weighted by Gasteiger charge is -2.33. The Bertz CT molecular complexity index is 350. The third-order valence-corrected chi connectivity index (χ3v) is 5.48. The molecule has 1 aliphatic rings. The largest absolute Gasteiger partial charge is 0.309 e. The predicted molar refractivity (Wildman–Crippen MR) is 79.6 cm³/mol. The van der Waals surface area contributed by atoms with Crippen LogP contribution in [0.2, 0.25) is 0 Å². The van der Waals surface area contributed by atoms with E-state index in [0.29, 0.717) is 6.04 Å². The van der Waals surface area contributed by atoms with Crippen LogP contribution in [-0.4, -0.2) is 6.54 Å². The van der Waals surface area contributed by atoms with Crippen LogP contribution in [-0.2, 0) is 0 Å². The third kappa shape index (κ3) is 3.55. The van der Waals surface area contributed by atoms with Crippen LogP contribution in [0, 0.1) is 11.8 Å². The summed E-state index contributed by atoms with van der Waals surface area (Å²) in [7, 11) is 0. The van der Waals surface area contributed by atoms with Crippen LogP contribution in [0.3, 0.4) is 0 Å². The molecule has 1 fully saturated rings. The summed E-state index contributed by atoms with van der Waals surface area (Å²) in [6, 6.07) is 5.02. The van der Waals surface area contributed by atoms with Crippen molar-refractivity contribution in [3.8, 4) is 0 Å². The fourth-order valence-electron chi connectivity index (χ4n) is 3.00. The van der Waals surface area contributed by atoms with Gasteiger partial charge < -0.3 is 5.32 Å². The Hall–Kier alpha value is 0.140. The molecule has 3 heteroatoms. The van der Waals surface area contributed by atoms with Crippen molar-refractivity contribution in [2.45, 2.75) is 45.6 Å². The van der Waals surface area contributed by atoms with Crippen LogP contribution in [0.25, 0.3) is 0 Å². The van der Waals surface area contributed by atoms with Crippen LogP contribution in [0.15, 0.2) is 15.9 Å². The summed E-state index contributed by atoms with van der Waals surface area (Å²) in [5.74, 6) is 1.72. The number of hydrogen-bond donors (Lipinski definition) is 1. The highest BCUT2D eigenvalue weighted by Crippen LogP contribution is 2.39. The summed E-state index contributed by atoms with van der Waals surface area (Å²) in [6.45, 7) is 5.67. The van der Waals surface area contributed by atoms with E-state index in [4.69, 9.17) is 0 Å². The average molecular weight is 316 g/mol. The average Bonchev–Trinajstić information content (AvgIpc) is 2.72. The molecule has 2 rings (SSSR count). The van der Waals surface area contributed by atoms with Crippen molar-refractivity contribution in [3.63, 3.8) is 0 Å². The second kappa shape index (κ2) is 6.35. The number of halogens is 1. The van der Waals surface area contributed by atoms with Crippen molar-refractivity contribution in [1.29, 1.82) is 0 Å². The zero-order chi connectivity index (χ0) is 12.3. The van der Waals surface area contributed by atoms with E-state index in [1.165, 1.54) is 34.3 Å². The van der Waals surface area contributed by atoms with E-state index in [-0.39, 0.29) is 0 Å². The Balaban J connectivity index is 2.10. The van der Waals surface area contributed by atoms with Gasteiger partial charge in [-0.1, -0.05) is 26.7 Å². The topological polar surface area (TPSA) is 12.0 Å². The Morgan fingerprint density at radius 3 is 2.88 bits per heavy atom. The Morgan fingerprint density at radius 2 is 2.29 bits per heavy atom. The van der Waals surface area contributed by atoms with E-state index in [0.717, 1.165) is 18.4 Å². The van der Waals surface area contributed by atoms with Crippen molar-refractivity contribution < 1.29 is 0 Å². The molecule has 0 aliphatic heterocycles. The molecule has 1 aliphatic carbocycles. The highest BCUT2D eigenvalue weighted by molar-refractivity contribution is 9.11. The molecule has 0 radical (unpaired) electrons. The molecule has 96 valence electrons. The van der Waals surface area contributed by atoms with E-state index in [2.05, 4.69) is 47.2 Å². The third-order valence-electron chi connectivity index (χ3n) is 3.77. The van der Waals surface area contributed by atoms with Gasteiger partial charge in [0.1, 0.15) is 0 Å². The monoisotopic (exact) mass is 315 g/mol. The molecule has 1 saturated carbocycles. The van der Waals surface area contributed by atoms with Gasteiger partial charge in [0.15, 0.2) is 0 Å². The van der Waals surface area contributed by atoms with Crippen LogP contribution < -0.4 is 5.32 Å². The summed E-state index contributed by atoms with van der Waals surface area (Å²) in [5.41, 5.74) is 0. The lowest BCUT2D eigenvalue weighted by Crippen LogP contribution is -2.30. The predicted octanol–water partition coefficient (Wildman–Crippen LogP) is 4.99. The van der Waals surface area contributed by atoms with Crippen LogP contribution in [0.5, 0.6) is 0 Å². The van der Waals surface area contributed by atoms with Crippen molar-refractivity contribution in [3.05, 3.63) is 20.8 Å². The van der Waals surface area contributed by atoms with Gasteiger partial charge in [0.25, 0.3) is 0 Å². The van der Waals surface area contributed by atoms with Gasteiger partial charge >= 0.3 is 0 Å². The fraction of sp³-hybridized carbons (Fsp3) is 0.714. The molecule has 3 unspecified atom stereocenters. The van der Waals surface area contributed by atoms with Gasteiger partial charge in [-0.25, -0.2) is 0 Å². The van der Waals surface area contributed by atoms with E-state index < -0.39 is 0 Å². The molecule has 0 bridgehead atoms. The standard InChI is InChI=1S/C14H22BrNS/c1-3-16-14(12-7-8-13(15)17-12)11-6-4-5-10(2)9-11/h7-8,10-11,14,16H,3-6,9H2,1-2H3. The zero-order valence-electron chi connectivity index (χ0n) is 10.7. The molecule has 1 heterocycles. The summed E-state index contributed by atoms with van der Waals surface area (Å²) < 4.78 is 1.25. The van der Waals surface area contributed by atoms with Gasteiger partial charge in [-0.3, -0.25) is 0 Å². The molecular formula is C14H22BrNS. The van der Waals surface area contributed by atoms with E-state index in [1.807, 2.05) is 11.3 Å². The first-order valence-corrected chi connectivity index (χ1v) is 8.30. The number of hydrogen-bond acceptors (Lipinski definition) is 2. The number of nitrogens with one attached hydrogen (secondary N) is 1.